The number of nitrogens with one attached hydrogen (secondary N) is 2. The third kappa shape index (κ3) is 6.31. The van der Waals surface area contributed by atoms with Crippen molar-refractivity contribution in [3.63, 3.8) is 0 Å². The van der Waals surface area contributed by atoms with Gasteiger partial charge in [-0.25, -0.2) is 4.98 Å². The maximum absolute atomic E-state index is 11.2. The number of primary amides is 1. The van der Waals surface area contributed by atoms with Gasteiger partial charge in [-0.3, -0.25) is 9.69 Å². The van der Waals surface area contributed by atoms with E-state index in [2.05, 4.69) is 50.5 Å². The quantitative estimate of drug-likeness (QED) is 0.432. The number of benzene rings is 2. The highest BCUT2D eigenvalue weighted by Crippen LogP contribution is 2.28. The van der Waals surface area contributed by atoms with Gasteiger partial charge in [0, 0.05) is 55.4 Å². The largest absolute Gasteiger partial charge is 0.441 e. The van der Waals surface area contributed by atoms with Gasteiger partial charge < -0.3 is 20.5 Å². The summed E-state index contributed by atoms with van der Waals surface area (Å²) in [5.41, 5.74) is 8.66. The molecule has 4 aromatic rings. The van der Waals surface area contributed by atoms with E-state index in [9.17, 15) is 4.79 Å². The van der Waals surface area contributed by atoms with Gasteiger partial charge in [-0.15, -0.1) is 0 Å². The molecule has 1 aliphatic rings. The number of oxazole rings is 1. The third-order valence-corrected chi connectivity index (χ3v) is 5.31. The van der Waals surface area contributed by atoms with Crippen LogP contribution in [0.25, 0.3) is 22.4 Å². The predicted molar refractivity (Wildman–Crippen MR) is 133 cm³/mol. The molecule has 0 saturated carbocycles. The van der Waals surface area contributed by atoms with E-state index in [1.54, 1.807) is 6.92 Å². The van der Waals surface area contributed by atoms with Crippen molar-refractivity contribution >= 4 is 16.8 Å². The van der Waals surface area contributed by atoms with Crippen LogP contribution in [0.5, 0.6) is 0 Å². The Balaban J connectivity index is 0.000000181. The summed E-state index contributed by atoms with van der Waals surface area (Å²) in [6.45, 7) is 11.4. The standard InChI is InChI=1S/C13H11N3O2.C11H16N2.C2H6/c1-7-11(12(14)17)16-13(18-7)9-3-2-4-10-8(9)5-6-15-10;1-2-4-11(5-3-1)10-13-8-6-12-7-9-13;1-2/h2-6,15H,1H3,(H2,14,17);1-5,12H,6-10H2;1-2H3. The van der Waals surface area contributed by atoms with Gasteiger partial charge in [0.2, 0.25) is 5.89 Å². The summed E-state index contributed by atoms with van der Waals surface area (Å²) in [5, 5.41) is 4.35. The van der Waals surface area contributed by atoms with Gasteiger partial charge in [-0.05, 0) is 30.7 Å². The van der Waals surface area contributed by atoms with Crippen molar-refractivity contribution in [1.29, 1.82) is 0 Å². The molecule has 2 aromatic heterocycles. The highest BCUT2D eigenvalue weighted by molar-refractivity contribution is 5.95. The SMILES string of the molecule is CC.Cc1oc(-c2cccc3[nH]ccc23)nc1C(N)=O.c1ccc(CN2CCNCC2)cc1. The zero-order valence-electron chi connectivity index (χ0n) is 19.6. The molecule has 33 heavy (non-hydrogen) atoms. The second kappa shape index (κ2) is 12.0. The van der Waals surface area contributed by atoms with E-state index in [0.717, 1.165) is 36.1 Å². The molecular weight excluding hydrogens is 414 g/mol. The van der Waals surface area contributed by atoms with E-state index in [4.69, 9.17) is 10.2 Å². The fraction of sp³-hybridized carbons (Fsp3) is 0.308. The first-order valence-corrected chi connectivity index (χ1v) is 11.4. The van der Waals surface area contributed by atoms with E-state index >= 15 is 0 Å². The molecule has 1 aliphatic heterocycles. The fourth-order valence-corrected chi connectivity index (χ4v) is 3.72. The molecule has 3 heterocycles. The third-order valence-electron chi connectivity index (χ3n) is 5.31. The number of aryl methyl sites for hydroxylation is 1. The number of H-pyrrole nitrogens is 1. The van der Waals surface area contributed by atoms with Gasteiger partial charge >= 0.3 is 0 Å². The first kappa shape index (κ1) is 24.2. The van der Waals surface area contributed by atoms with Gasteiger partial charge in [0.05, 0.1) is 0 Å². The Morgan fingerprint density at radius 1 is 1.06 bits per heavy atom. The van der Waals surface area contributed by atoms with Crippen molar-refractivity contribution in [1.82, 2.24) is 20.2 Å². The topological polar surface area (TPSA) is 100 Å². The van der Waals surface area contributed by atoms with E-state index in [1.807, 2.05) is 44.3 Å². The number of carbonyl (C=O) groups is 1. The Morgan fingerprint density at radius 3 is 2.45 bits per heavy atom. The number of aromatic amines is 1. The number of amides is 1. The van der Waals surface area contributed by atoms with Crippen molar-refractivity contribution in [3.05, 3.63) is 77.8 Å². The smallest absolute Gasteiger partial charge is 0.270 e. The molecule has 0 spiro atoms. The highest BCUT2D eigenvalue weighted by atomic mass is 16.4. The first-order chi connectivity index (χ1) is 16.1. The van der Waals surface area contributed by atoms with E-state index < -0.39 is 5.91 Å². The minimum atomic E-state index is -0.580. The number of aromatic nitrogens is 2. The van der Waals surface area contributed by atoms with Crippen LogP contribution in [0.3, 0.4) is 0 Å². The molecule has 0 aliphatic carbocycles. The maximum atomic E-state index is 11.2. The zero-order valence-corrected chi connectivity index (χ0v) is 19.6. The van der Waals surface area contributed by atoms with Crippen LogP contribution in [-0.4, -0.2) is 47.0 Å². The number of hydrogen-bond acceptors (Lipinski definition) is 5. The Kier molecular flexibility index (Phi) is 8.80. The highest BCUT2D eigenvalue weighted by Gasteiger charge is 2.17. The monoisotopic (exact) mass is 447 g/mol. The number of fused-ring (bicyclic) bond motifs is 1. The number of piperazine rings is 1. The van der Waals surface area contributed by atoms with Gasteiger partial charge in [-0.1, -0.05) is 50.2 Å². The van der Waals surface area contributed by atoms with Crippen LogP contribution in [-0.2, 0) is 6.54 Å². The molecule has 0 unspecified atom stereocenters. The summed E-state index contributed by atoms with van der Waals surface area (Å²) in [4.78, 5) is 20.9. The predicted octanol–water partition coefficient (Wildman–Crippen LogP) is 4.35. The molecule has 5 rings (SSSR count). The molecule has 0 radical (unpaired) electrons. The van der Waals surface area contributed by atoms with Crippen LogP contribution in [0.15, 0.2) is 65.2 Å². The number of nitrogens with two attached hydrogens (primary N) is 1. The second-order valence-electron chi connectivity index (χ2n) is 7.54. The second-order valence-corrected chi connectivity index (χ2v) is 7.54. The van der Waals surface area contributed by atoms with Crippen LogP contribution >= 0.6 is 0 Å². The average molecular weight is 448 g/mol. The molecule has 0 atom stereocenters. The minimum absolute atomic E-state index is 0.178. The molecule has 7 nitrogen and oxygen atoms in total. The van der Waals surface area contributed by atoms with Crippen molar-refractivity contribution in [2.24, 2.45) is 5.73 Å². The average Bonchev–Trinajstić information content (AvgIpc) is 3.49. The van der Waals surface area contributed by atoms with Crippen molar-refractivity contribution in [2.75, 3.05) is 26.2 Å². The van der Waals surface area contributed by atoms with Crippen LogP contribution in [0.2, 0.25) is 0 Å². The molecule has 0 bridgehead atoms. The Hall–Kier alpha value is -3.42. The first-order valence-electron chi connectivity index (χ1n) is 11.4. The lowest BCUT2D eigenvalue weighted by molar-refractivity contribution is 0.0994. The summed E-state index contributed by atoms with van der Waals surface area (Å²) in [7, 11) is 0. The molecule has 1 fully saturated rings. The molecular formula is C26H33N5O2. The molecule has 2 aromatic carbocycles. The number of hydrogen-bond donors (Lipinski definition) is 3. The Labute approximate surface area is 195 Å². The van der Waals surface area contributed by atoms with Crippen molar-refractivity contribution < 1.29 is 9.21 Å². The van der Waals surface area contributed by atoms with E-state index in [-0.39, 0.29) is 5.69 Å². The lowest BCUT2D eigenvalue weighted by atomic mass is 10.1. The number of rotatable bonds is 4. The molecule has 1 saturated heterocycles. The van der Waals surface area contributed by atoms with E-state index in [0.29, 0.717) is 11.7 Å². The molecule has 174 valence electrons. The van der Waals surface area contributed by atoms with Gasteiger partial charge in [0.15, 0.2) is 5.69 Å². The van der Waals surface area contributed by atoms with Crippen LogP contribution < -0.4 is 11.1 Å². The lowest BCUT2D eigenvalue weighted by Gasteiger charge is -2.27. The summed E-state index contributed by atoms with van der Waals surface area (Å²) in [5.74, 6) is 0.264. The van der Waals surface area contributed by atoms with Crippen molar-refractivity contribution in [2.45, 2.75) is 27.3 Å². The van der Waals surface area contributed by atoms with Crippen molar-refractivity contribution in [3.8, 4) is 11.5 Å². The summed E-state index contributed by atoms with van der Waals surface area (Å²) in [6.07, 6.45) is 1.85. The van der Waals surface area contributed by atoms with E-state index in [1.165, 1.54) is 18.7 Å². The summed E-state index contributed by atoms with van der Waals surface area (Å²) >= 11 is 0. The van der Waals surface area contributed by atoms with Gasteiger partial charge in [0.1, 0.15) is 5.76 Å². The maximum Gasteiger partial charge on any atom is 0.270 e. The van der Waals surface area contributed by atoms with Crippen LogP contribution in [0.1, 0.15) is 35.7 Å². The number of nitrogens with zero attached hydrogens (tertiary/aromatic N) is 2. The zero-order chi connectivity index (χ0) is 23.6. The molecule has 4 N–H and O–H groups in total. The summed E-state index contributed by atoms with van der Waals surface area (Å²) < 4.78 is 5.51. The van der Waals surface area contributed by atoms with Crippen LogP contribution in [0, 0.1) is 6.92 Å². The van der Waals surface area contributed by atoms with Crippen LogP contribution in [0.4, 0.5) is 0 Å². The fourth-order valence-electron chi connectivity index (χ4n) is 3.72. The lowest BCUT2D eigenvalue weighted by Crippen LogP contribution is -2.42. The van der Waals surface area contributed by atoms with Gasteiger partial charge in [0.25, 0.3) is 5.91 Å². The normalized spacial score (nSPS) is 13.5. The Bertz CT molecular complexity index is 1140. The minimum Gasteiger partial charge on any atom is -0.441 e. The molecule has 1 amide bonds. The Morgan fingerprint density at radius 2 is 1.79 bits per heavy atom. The number of carbonyl (C=O) groups excluding carboxylic acids is 1. The summed E-state index contributed by atoms with van der Waals surface area (Å²) in [6, 6.07) is 18.4. The van der Waals surface area contributed by atoms with Gasteiger partial charge in [-0.2, -0.15) is 0 Å². The molecule has 7 heteroatoms.